The van der Waals surface area contributed by atoms with Crippen molar-refractivity contribution in [1.82, 2.24) is 23.9 Å². The van der Waals surface area contributed by atoms with Crippen molar-refractivity contribution in [1.29, 1.82) is 0 Å². The first-order valence-electron chi connectivity index (χ1n) is 10.8. The van der Waals surface area contributed by atoms with Gasteiger partial charge in [-0.1, -0.05) is 35.9 Å². The van der Waals surface area contributed by atoms with Crippen molar-refractivity contribution in [3.63, 3.8) is 0 Å². The molecule has 166 valence electrons. The number of sulfonamides is 1. The van der Waals surface area contributed by atoms with Gasteiger partial charge >= 0.3 is 0 Å². The van der Waals surface area contributed by atoms with Gasteiger partial charge in [-0.3, -0.25) is 0 Å². The highest BCUT2D eigenvalue weighted by Gasteiger charge is 2.33. The largest absolute Gasteiger partial charge is 0.339 e. The second kappa shape index (κ2) is 7.83. The van der Waals surface area contributed by atoms with Crippen LogP contribution in [0.2, 0.25) is 0 Å². The number of anilines is 1. The van der Waals surface area contributed by atoms with Gasteiger partial charge in [0.15, 0.2) is 11.5 Å². The highest BCUT2D eigenvalue weighted by Crippen LogP contribution is 2.30. The van der Waals surface area contributed by atoms with Crippen LogP contribution >= 0.6 is 0 Å². The molecule has 2 aromatic heterocycles. The van der Waals surface area contributed by atoms with Crippen LogP contribution in [-0.4, -0.2) is 63.7 Å². The van der Waals surface area contributed by atoms with Gasteiger partial charge < -0.3 is 4.90 Å². The van der Waals surface area contributed by atoms with Gasteiger partial charge in [0, 0.05) is 36.6 Å². The average molecular weight is 451 g/mol. The van der Waals surface area contributed by atoms with Crippen LogP contribution in [0.25, 0.3) is 27.9 Å². The fourth-order valence-corrected chi connectivity index (χ4v) is 5.76. The number of fused-ring (bicyclic) bond motifs is 3. The summed E-state index contributed by atoms with van der Waals surface area (Å²) in [6, 6.07) is 15.9. The number of para-hydroxylation sites is 1. The van der Waals surface area contributed by atoms with E-state index in [1.165, 1.54) is 0 Å². The van der Waals surface area contributed by atoms with Crippen LogP contribution in [0.4, 0.5) is 5.95 Å². The SMILES string of the molecule is CCS(=O)(=O)N1CCN(c2nc3ccccc3c3nnc(-c4cccc(C)c4)n23)CC1C. The molecule has 1 unspecified atom stereocenters. The first-order valence-corrected chi connectivity index (χ1v) is 12.5. The fourth-order valence-electron chi connectivity index (χ4n) is 4.45. The number of hydrogen-bond donors (Lipinski definition) is 0. The van der Waals surface area contributed by atoms with Gasteiger partial charge in [0.05, 0.1) is 11.3 Å². The number of aryl methyl sites for hydroxylation is 1. The summed E-state index contributed by atoms with van der Waals surface area (Å²) in [6.45, 7) is 7.21. The molecule has 1 aliphatic rings. The number of aromatic nitrogens is 4. The minimum Gasteiger partial charge on any atom is -0.339 e. The van der Waals surface area contributed by atoms with Crippen LogP contribution in [0.1, 0.15) is 19.4 Å². The van der Waals surface area contributed by atoms with Crippen LogP contribution < -0.4 is 4.90 Å². The van der Waals surface area contributed by atoms with Crippen molar-refractivity contribution in [3.8, 4) is 11.4 Å². The second-order valence-corrected chi connectivity index (χ2v) is 10.5. The minimum atomic E-state index is -3.24. The standard InChI is InChI=1S/C23H26N6O2S/c1-4-32(30,31)28-13-12-27(15-17(28)3)23-24-20-11-6-5-10-19(20)22-26-25-21(29(22)23)18-9-7-8-16(2)14-18/h5-11,14,17H,4,12-13,15H2,1-3H3. The molecule has 0 aliphatic carbocycles. The van der Waals surface area contributed by atoms with Gasteiger partial charge in [-0.2, -0.15) is 4.31 Å². The lowest BCUT2D eigenvalue weighted by Gasteiger charge is -2.39. The summed E-state index contributed by atoms with van der Waals surface area (Å²) in [5, 5.41) is 10.0. The maximum Gasteiger partial charge on any atom is 0.214 e. The van der Waals surface area contributed by atoms with Crippen molar-refractivity contribution in [2.45, 2.75) is 26.8 Å². The Kier molecular flexibility index (Phi) is 5.10. The Morgan fingerprint density at radius 2 is 1.88 bits per heavy atom. The van der Waals surface area contributed by atoms with Gasteiger partial charge in [-0.25, -0.2) is 17.8 Å². The molecule has 5 rings (SSSR count). The Balaban J connectivity index is 1.67. The third kappa shape index (κ3) is 3.41. The molecule has 1 saturated heterocycles. The van der Waals surface area contributed by atoms with Crippen molar-refractivity contribution in [2.75, 3.05) is 30.3 Å². The van der Waals surface area contributed by atoms with E-state index >= 15 is 0 Å². The molecule has 9 heteroatoms. The summed E-state index contributed by atoms with van der Waals surface area (Å²) in [5.74, 6) is 1.58. The van der Waals surface area contributed by atoms with E-state index in [0.29, 0.717) is 19.6 Å². The first kappa shape index (κ1) is 20.8. The van der Waals surface area contributed by atoms with E-state index in [1.807, 2.05) is 47.7 Å². The molecule has 2 aromatic carbocycles. The van der Waals surface area contributed by atoms with Crippen LogP contribution in [-0.2, 0) is 10.0 Å². The summed E-state index contributed by atoms with van der Waals surface area (Å²) in [5.41, 5.74) is 3.70. The topological polar surface area (TPSA) is 83.7 Å². The molecule has 1 aliphatic heterocycles. The summed E-state index contributed by atoms with van der Waals surface area (Å²) >= 11 is 0. The molecular formula is C23H26N6O2S. The molecule has 32 heavy (non-hydrogen) atoms. The van der Waals surface area contributed by atoms with Gasteiger partial charge in [-0.15, -0.1) is 10.2 Å². The van der Waals surface area contributed by atoms with E-state index in [2.05, 4.69) is 34.2 Å². The summed E-state index contributed by atoms with van der Waals surface area (Å²) in [4.78, 5) is 7.14. The number of rotatable bonds is 4. The smallest absolute Gasteiger partial charge is 0.214 e. The number of piperazine rings is 1. The van der Waals surface area contributed by atoms with Gasteiger partial charge in [-0.05, 0) is 39.0 Å². The Hall–Kier alpha value is -3.04. The lowest BCUT2D eigenvalue weighted by molar-refractivity contribution is 0.305. The van der Waals surface area contributed by atoms with Crippen molar-refractivity contribution in [2.24, 2.45) is 0 Å². The normalized spacial score (nSPS) is 18.0. The van der Waals surface area contributed by atoms with E-state index in [4.69, 9.17) is 4.98 Å². The molecule has 3 heterocycles. The molecule has 0 amide bonds. The minimum absolute atomic E-state index is 0.110. The lowest BCUT2D eigenvalue weighted by Crippen LogP contribution is -2.54. The highest BCUT2D eigenvalue weighted by atomic mass is 32.2. The molecule has 0 spiro atoms. The van der Waals surface area contributed by atoms with Crippen molar-refractivity contribution < 1.29 is 8.42 Å². The van der Waals surface area contributed by atoms with E-state index < -0.39 is 10.0 Å². The highest BCUT2D eigenvalue weighted by molar-refractivity contribution is 7.89. The van der Waals surface area contributed by atoms with E-state index in [9.17, 15) is 8.42 Å². The third-order valence-electron chi connectivity index (χ3n) is 6.08. The van der Waals surface area contributed by atoms with Gasteiger partial charge in [0.1, 0.15) is 0 Å². The predicted molar refractivity (Wildman–Crippen MR) is 126 cm³/mol. The summed E-state index contributed by atoms with van der Waals surface area (Å²) < 4.78 is 28.6. The Labute approximate surface area is 187 Å². The molecule has 0 N–H and O–H groups in total. The van der Waals surface area contributed by atoms with Crippen LogP contribution in [0.5, 0.6) is 0 Å². The molecule has 1 fully saturated rings. The Morgan fingerprint density at radius 3 is 2.62 bits per heavy atom. The maximum atomic E-state index is 12.5. The summed E-state index contributed by atoms with van der Waals surface area (Å²) in [7, 11) is -3.24. The molecule has 0 radical (unpaired) electrons. The van der Waals surface area contributed by atoms with E-state index in [-0.39, 0.29) is 11.8 Å². The van der Waals surface area contributed by atoms with Crippen LogP contribution in [0, 0.1) is 6.92 Å². The molecular weight excluding hydrogens is 424 g/mol. The van der Waals surface area contributed by atoms with Gasteiger partial charge in [0.25, 0.3) is 0 Å². The Bertz CT molecular complexity index is 1410. The van der Waals surface area contributed by atoms with E-state index in [0.717, 1.165) is 39.4 Å². The second-order valence-electron chi connectivity index (χ2n) is 8.29. The molecule has 4 aromatic rings. The average Bonchev–Trinajstić information content (AvgIpc) is 3.24. The number of benzene rings is 2. The number of nitrogens with zero attached hydrogens (tertiary/aromatic N) is 6. The quantitative estimate of drug-likeness (QED) is 0.475. The lowest BCUT2D eigenvalue weighted by atomic mass is 10.1. The third-order valence-corrected chi connectivity index (χ3v) is 8.06. The van der Waals surface area contributed by atoms with Gasteiger partial charge in [0.2, 0.25) is 16.0 Å². The van der Waals surface area contributed by atoms with E-state index in [1.54, 1.807) is 11.2 Å². The first-order chi connectivity index (χ1) is 15.4. The van der Waals surface area contributed by atoms with Crippen molar-refractivity contribution >= 4 is 32.5 Å². The summed E-state index contributed by atoms with van der Waals surface area (Å²) in [6.07, 6.45) is 0. The zero-order chi connectivity index (χ0) is 22.5. The monoisotopic (exact) mass is 450 g/mol. The van der Waals surface area contributed by atoms with Crippen LogP contribution in [0.15, 0.2) is 48.5 Å². The molecule has 1 atom stereocenters. The molecule has 8 nitrogen and oxygen atoms in total. The van der Waals surface area contributed by atoms with Crippen molar-refractivity contribution in [3.05, 3.63) is 54.1 Å². The zero-order valence-corrected chi connectivity index (χ0v) is 19.2. The fraction of sp³-hybridized carbons (Fsp3) is 0.348. The molecule has 0 bridgehead atoms. The maximum absolute atomic E-state index is 12.5. The van der Waals surface area contributed by atoms with Crippen LogP contribution in [0.3, 0.4) is 0 Å². The molecule has 0 saturated carbocycles. The predicted octanol–water partition coefficient (Wildman–Crippen LogP) is 3.11. The zero-order valence-electron chi connectivity index (χ0n) is 18.4. The Morgan fingerprint density at radius 1 is 1.06 bits per heavy atom. The number of hydrogen-bond acceptors (Lipinski definition) is 6.